The van der Waals surface area contributed by atoms with Gasteiger partial charge in [0.25, 0.3) is 5.91 Å². The first-order valence-electron chi connectivity index (χ1n) is 32.3. The monoisotopic (exact) mass is 1380 g/mol. The first-order valence-corrected chi connectivity index (χ1v) is 32.3. The van der Waals surface area contributed by atoms with Crippen LogP contribution in [0.5, 0.6) is 0 Å². The zero-order chi connectivity index (χ0) is 72.9. The lowest BCUT2D eigenvalue weighted by atomic mass is 9.96. The number of nitrogens with one attached hydrogen (secondary N) is 10. The zero-order valence-electron chi connectivity index (χ0n) is 55.2. The number of hydrogen-bond acceptors (Lipinski definition) is 17. The molecule has 0 aromatic heterocycles. The Morgan fingerprint density at radius 2 is 1.03 bits per heavy atom. The van der Waals surface area contributed by atoms with E-state index < -0.39 is 205 Å². The van der Waals surface area contributed by atoms with Crippen LogP contribution in [0.1, 0.15) is 107 Å². The summed E-state index contributed by atoms with van der Waals surface area (Å²) in [7, 11) is 0. The molecule has 33 heteroatoms. The van der Waals surface area contributed by atoms with E-state index >= 15 is 4.79 Å². The first-order chi connectivity index (χ1) is 46.8. The van der Waals surface area contributed by atoms with Crippen molar-refractivity contribution in [1.29, 1.82) is 0 Å². The molecule has 33 nitrogen and oxygen atoms in total. The molecule has 12 amide bonds. The molecular formula is C66H85N13O20. The lowest BCUT2D eigenvalue weighted by molar-refractivity contribution is -0.150. The largest absolute Gasteiger partial charge is 0.481 e. The molecule has 0 saturated carbocycles. The van der Waals surface area contributed by atoms with E-state index in [0.29, 0.717) is 12.8 Å². The second kappa shape index (κ2) is 35.9. The fourth-order valence-electron chi connectivity index (χ4n) is 11.5. The van der Waals surface area contributed by atoms with E-state index in [9.17, 15) is 92.3 Å². The molecule has 99 heavy (non-hydrogen) atoms. The van der Waals surface area contributed by atoms with Gasteiger partial charge < -0.3 is 89.1 Å². The standard InChI is InChI=1S/C66H85N13O20/c1-33(2)52-64(96)79-27-11-15-46(79)60(92)70-36(5)55(77-59(91)44(30-51(86)87)72-56(88)41-24-20-38(21-25-41)17-16-37-18-22-40(23-19-37)39-12-7-6-8-13-39)65(97)78-26-10-9-14-45(78)61(93)76-53(34(3)66(98)99)62(94)73-43(29-50(84)85)58(90)68-31-47(80)71-42(28-49(82)83)57(89)69-32-48(81)74-54(35(4)67)63(95)75-52/h6-8,12-13,18-25,33-36,42-46,52-55H,9-11,14-17,26-32,67H2,1-5H3,(H,68,90)(H,69,89)(H,70,92)(H,71,80)(H,72,88)(H,73,94)(H,74,81)(H,75,95)(H,76,93)(H,77,91)(H,82,83)(H,84,85)(H,86,87)(H,98,99). The predicted octanol–water partition coefficient (Wildman–Crippen LogP) is -2.58. The number of benzene rings is 3. The Labute approximate surface area is 568 Å². The molecule has 3 saturated heterocycles. The van der Waals surface area contributed by atoms with E-state index in [0.717, 1.165) is 39.0 Å². The SMILES string of the molecule is CC(C)C1NC(=O)C(C(C)N)NC(=O)CNC(=O)C(CC(=O)O)NC(=O)CNC(=O)C(CC(=O)O)NC(=O)C(C(C)C(=O)O)NC(=O)C2CCCCN2C(=O)C(NC(=O)C(CC(=O)O)NC(=O)c2ccc(CCc3ccc(-c4ccccc4)cc3)cc2)C(C)NC(=O)C2CCCN2C1=O. The van der Waals surface area contributed by atoms with Crippen molar-refractivity contribution >= 4 is 94.8 Å². The van der Waals surface area contributed by atoms with Crippen molar-refractivity contribution in [3.8, 4) is 11.1 Å². The number of piperidine rings is 1. The minimum atomic E-state index is -2.16. The van der Waals surface area contributed by atoms with Crippen LogP contribution in [0.3, 0.4) is 0 Å². The third-order valence-corrected chi connectivity index (χ3v) is 17.1. The molecule has 12 atom stereocenters. The molecule has 0 spiro atoms. The molecule has 0 aliphatic carbocycles. The van der Waals surface area contributed by atoms with Gasteiger partial charge in [0.2, 0.25) is 65.0 Å². The van der Waals surface area contributed by atoms with Crippen molar-refractivity contribution in [2.75, 3.05) is 26.2 Å². The van der Waals surface area contributed by atoms with E-state index in [1.165, 1.54) is 26.0 Å². The second-order valence-corrected chi connectivity index (χ2v) is 25.0. The van der Waals surface area contributed by atoms with Gasteiger partial charge in [-0.1, -0.05) is 80.6 Å². The van der Waals surface area contributed by atoms with Gasteiger partial charge in [-0.25, -0.2) is 0 Å². The second-order valence-electron chi connectivity index (χ2n) is 25.0. The number of carbonyl (C=O) groups excluding carboxylic acids is 12. The van der Waals surface area contributed by atoms with Gasteiger partial charge in [0.15, 0.2) is 0 Å². The molecular weight excluding hydrogens is 1290 g/mol. The minimum absolute atomic E-state index is 0.00550. The van der Waals surface area contributed by atoms with Gasteiger partial charge in [0.1, 0.15) is 54.4 Å². The van der Waals surface area contributed by atoms with Gasteiger partial charge in [-0.05, 0) is 106 Å². The smallest absolute Gasteiger partial charge is 0.308 e. The fraction of sp³-hybridized carbons (Fsp3) is 0.485. The summed E-state index contributed by atoms with van der Waals surface area (Å²) in [6.07, 6.45) is -1.72. The molecule has 3 aromatic rings. The van der Waals surface area contributed by atoms with E-state index in [1.807, 2.05) is 65.2 Å². The van der Waals surface area contributed by atoms with Gasteiger partial charge in [-0.2, -0.15) is 0 Å². The average Bonchev–Trinajstić information content (AvgIpc) is 1.79. The number of fused-ring (bicyclic) bond motifs is 2. The Kier molecular flexibility index (Phi) is 28.0. The van der Waals surface area contributed by atoms with Crippen LogP contribution in [0, 0.1) is 11.8 Å². The summed E-state index contributed by atoms with van der Waals surface area (Å²) in [4.78, 5) is 220. The van der Waals surface area contributed by atoms with Gasteiger partial charge >= 0.3 is 23.9 Å². The summed E-state index contributed by atoms with van der Waals surface area (Å²) in [5.41, 5.74) is 10.2. The van der Waals surface area contributed by atoms with Crippen LogP contribution in [0.4, 0.5) is 0 Å². The van der Waals surface area contributed by atoms with Crippen molar-refractivity contribution in [2.24, 2.45) is 17.6 Å². The minimum Gasteiger partial charge on any atom is -0.481 e. The molecule has 3 aliphatic rings. The molecule has 0 bridgehead atoms. The Hall–Kier alpha value is -10.9. The number of amides is 12. The van der Waals surface area contributed by atoms with Gasteiger partial charge in [0.05, 0.1) is 44.3 Å². The lowest BCUT2D eigenvalue weighted by Crippen LogP contribution is -2.66. The Balaban J connectivity index is 1.34. The maximum atomic E-state index is 15.4. The van der Waals surface area contributed by atoms with Crippen LogP contribution >= 0.6 is 0 Å². The van der Waals surface area contributed by atoms with Crippen LogP contribution in [0.15, 0.2) is 78.9 Å². The van der Waals surface area contributed by atoms with Crippen molar-refractivity contribution in [3.63, 3.8) is 0 Å². The van der Waals surface area contributed by atoms with Crippen molar-refractivity contribution in [3.05, 3.63) is 95.6 Å². The number of aryl methyl sites for hydroxylation is 2. The molecule has 0 radical (unpaired) electrons. The lowest BCUT2D eigenvalue weighted by Gasteiger charge is -2.39. The van der Waals surface area contributed by atoms with Crippen LogP contribution in [-0.2, 0) is 84.8 Å². The number of nitrogens with zero attached hydrogens (tertiary/aromatic N) is 2. The predicted molar refractivity (Wildman–Crippen MR) is 348 cm³/mol. The highest BCUT2D eigenvalue weighted by molar-refractivity contribution is 6.02. The van der Waals surface area contributed by atoms with Gasteiger partial charge in [-0.3, -0.25) is 76.7 Å². The normalized spacial score (nSPS) is 24.0. The van der Waals surface area contributed by atoms with E-state index in [2.05, 4.69) is 42.5 Å². The maximum absolute atomic E-state index is 15.4. The highest BCUT2D eigenvalue weighted by Gasteiger charge is 2.45. The number of aliphatic carboxylic acids is 4. The third-order valence-electron chi connectivity index (χ3n) is 17.1. The summed E-state index contributed by atoms with van der Waals surface area (Å²) < 4.78 is 0. The van der Waals surface area contributed by atoms with Crippen LogP contribution in [0.2, 0.25) is 0 Å². The number of rotatable bonds is 18. The molecule has 16 N–H and O–H groups in total. The van der Waals surface area contributed by atoms with Gasteiger partial charge in [-0.15, -0.1) is 0 Å². The number of carboxylic acid groups (broad SMARTS) is 4. The number of carboxylic acids is 4. The molecule has 12 unspecified atom stereocenters. The molecule has 6 rings (SSSR count). The Morgan fingerprint density at radius 1 is 0.535 bits per heavy atom. The topological polar surface area (TPSA) is 507 Å². The zero-order valence-corrected chi connectivity index (χ0v) is 55.2. The quantitative estimate of drug-likeness (QED) is 0.0622. The van der Waals surface area contributed by atoms with E-state index in [1.54, 1.807) is 26.0 Å². The number of hydrogen-bond donors (Lipinski definition) is 15. The van der Waals surface area contributed by atoms with Gasteiger partial charge in [0, 0.05) is 24.7 Å². The highest BCUT2D eigenvalue weighted by Crippen LogP contribution is 2.25. The fourth-order valence-corrected chi connectivity index (χ4v) is 11.5. The third kappa shape index (κ3) is 22.1. The first kappa shape index (κ1) is 77.1. The Morgan fingerprint density at radius 3 is 1.58 bits per heavy atom. The molecule has 534 valence electrons. The van der Waals surface area contributed by atoms with Crippen molar-refractivity contribution < 1.29 is 97.1 Å². The molecule has 3 aromatic carbocycles. The molecule has 3 heterocycles. The van der Waals surface area contributed by atoms with Crippen LogP contribution in [0.25, 0.3) is 11.1 Å². The highest BCUT2D eigenvalue weighted by atomic mass is 16.4. The van der Waals surface area contributed by atoms with E-state index in [-0.39, 0.29) is 50.8 Å². The van der Waals surface area contributed by atoms with Crippen molar-refractivity contribution in [1.82, 2.24) is 63.0 Å². The van der Waals surface area contributed by atoms with Crippen molar-refractivity contribution in [2.45, 2.75) is 165 Å². The molecule has 3 aliphatic heterocycles. The number of nitrogens with two attached hydrogens (primary N) is 1. The summed E-state index contributed by atoms with van der Waals surface area (Å²) in [5, 5.41) is 62.6. The number of carbonyl (C=O) groups is 16. The van der Waals surface area contributed by atoms with E-state index in [4.69, 9.17) is 5.73 Å². The summed E-state index contributed by atoms with van der Waals surface area (Å²) in [5.74, 6) is -22.9. The molecule has 3 fully saturated rings. The average molecular weight is 1380 g/mol. The van der Waals surface area contributed by atoms with Crippen LogP contribution < -0.4 is 58.9 Å². The summed E-state index contributed by atoms with van der Waals surface area (Å²) >= 11 is 0. The summed E-state index contributed by atoms with van der Waals surface area (Å²) in [6, 6.07) is 5.41. The maximum Gasteiger partial charge on any atom is 0.308 e. The van der Waals surface area contributed by atoms with Crippen LogP contribution in [-0.4, -0.2) is 218 Å². The summed E-state index contributed by atoms with van der Waals surface area (Å²) in [6.45, 7) is 4.29. The Bertz CT molecular complexity index is 3520.